The second kappa shape index (κ2) is 6.45. The Morgan fingerprint density at radius 1 is 1.21 bits per heavy atom. The number of aryl methyl sites for hydroxylation is 1. The third-order valence-electron chi connectivity index (χ3n) is 3.32. The van der Waals surface area contributed by atoms with Crippen LogP contribution in [0.15, 0.2) is 42.7 Å². The number of aromatic nitrogens is 4. The first-order chi connectivity index (χ1) is 11.6. The summed E-state index contributed by atoms with van der Waals surface area (Å²) < 4.78 is 19.3. The lowest BCUT2D eigenvalue weighted by Gasteiger charge is -2.04. The van der Waals surface area contributed by atoms with E-state index in [0.29, 0.717) is 17.1 Å². The molecule has 0 atom stereocenters. The van der Waals surface area contributed by atoms with Crippen LogP contribution in [0.3, 0.4) is 0 Å². The highest BCUT2D eigenvalue weighted by molar-refractivity contribution is 6.03. The fourth-order valence-corrected chi connectivity index (χ4v) is 2.12. The zero-order valence-corrected chi connectivity index (χ0v) is 13.0. The molecular weight excluding hydrogens is 313 g/mol. The van der Waals surface area contributed by atoms with Crippen LogP contribution in [-0.2, 0) is 7.05 Å². The highest BCUT2D eigenvalue weighted by Crippen LogP contribution is 2.20. The van der Waals surface area contributed by atoms with Crippen LogP contribution in [0.4, 0.5) is 10.1 Å². The number of nitrogens with zero attached hydrogens (tertiary/aromatic N) is 4. The number of benzene rings is 1. The van der Waals surface area contributed by atoms with Gasteiger partial charge in [-0.2, -0.15) is 5.10 Å². The van der Waals surface area contributed by atoms with E-state index >= 15 is 0 Å². The van der Waals surface area contributed by atoms with Crippen molar-refractivity contribution in [1.29, 1.82) is 0 Å². The van der Waals surface area contributed by atoms with Crippen LogP contribution in [0.2, 0.25) is 0 Å². The molecule has 2 heterocycles. The number of anilines is 1. The molecule has 0 spiro atoms. The number of carbonyl (C=O) groups is 1. The third-order valence-corrected chi connectivity index (χ3v) is 3.32. The second-order valence-electron chi connectivity index (χ2n) is 4.96. The minimum atomic E-state index is -0.355. The number of nitrogens with one attached hydrogen (secondary N) is 1. The minimum absolute atomic E-state index is 0.215. The van der Waals surface area contributed by atoms with E-state index in [1.165, 1.54) is 36.3 Å². The zero-order valence-electron chi connectivity index (χ0n) is 13.0. The first-order valence-corrected chi connectivity index (χ1v) is 7.04. The van der Waals surface area contributed by atoms with Crippen molar-refractivity contribution in [3.63, 3.8) is 0 Å². The molecular formula is C16H14FN5O2. The average molecular weight is 327 g/mol. The zero-order chi connectivity index (χ0) is 17.1. The maximum atomic E-state index is 13.0. The molecule has 7 nitrogen and oxygen atoms in total. The van der Waals surface area contributed by atoms with Gasteiger partial charge in [-0.15, -0.1) is 0 Å². The topological polar surface area (TPSA) is 81.9 Å². The van der Waals surface area contributed by atoms with E-state index in [1.54, 1.807) is 25.2 Å². The quantitative estimate of drug-likeness (QED) is 0.795. The molecule has 122 valence electrons. The molecule has 0 saturated heterocycles. The fraction of sp³-hybridized carbons (Fsp3) is 0.125. The van der Waals surface area contributed by atoms with Crippen LogP contribution in [0.25, 0.3) is 11.3 Å². The fourth-order valence-electron chi connectivity index (χ4n) is 2.12. The van der Waals surface area contributed by atoms with Crippen LogP contribution in [0.1, 0.15) is 10.5 Å². The molecule has 0 bridgehead atoms. The summed E-state index contributed by atoms with van der Waals surface area (Å²) in [5.41, 5.74) is 2.09. The van der Waals surface area contributed by atoms with Crippen molar-refractivity contribution in [2.45, 2.75) is 0 Å². The van der Waals surface area contributed by atoms with E-state index in [0.717, 1.165) is 5.56 Å². The first kappa shape index (κ1) is 15.6. The number of methoxy groups -OCH3 is 1. The molecule has 0 fully saturated rings. The molecule has 24 heavy (non-hydrogen) atoms. The molecule has 0 saturated carbocycles. The van der Waals surface area contributed by atoms with Crippen LogP contribution < -0.4 is 10.1 Å². The minimum Gasteiger partial charge on any atom is -0.467 e. The van der Waals surface area contributed by atoms with Gasteiger partial charge < -0.3 is 10.1 Å². The normalized spacial score (nSPS) is 10.5. The molecule has 8 heteroatoms. The van der Waals surface area contributed by atoms with Gasteiger partial charge in [-0.3, -0.25) is 9.48 Å². The van der Waals surface area contributed by atoms with Gasteiger partial charge in [0.05, 0.1) is 30.9 Å². The molecule has 1 N–H and O–H groups in total. The van der Waals surface area contributed by atoms with Crippen molar-refractivity contribution in [2.75, 3.05) is 12.4 Å². The molecule has 0 aliphatic rings. The number of hydrogen-bond acceptors (Lipinski definition) is 5. The van der Waals surface area contributed by atoms with Crippen molar-refractivity contribution in [3.8, 4) is 17.3 Å². The predicted molar refractivity (Wildman–Crippen MR) is 85.1 cm³/mol. The lowest BCUT2D eigenvalue weighted by molar-refractivity contribution is 0.101. The Kier molecular flexibility index (Phi) is 4.19. The van der Waals surface area contributed by atoms with Gasteiger partial charge in [0.1, 0.15) is 11.5 Å². The molecule has 0 radical (unpaired) electrons. The molecule has 0 aliphatic heterocycles. The molecule has 2 aromatic heterocycles. The smallest absolute Gasteiger partial charge is 0.316 e. The van der Waals surface area contributed by atoms with Crippen molar-refractivity contribution < 1.29 is 13.9 Å². The van der Waals surface area contributed by atoms with Gasteiger partial charge in [0.25, 0.3) is 5.91 Å². The largest absolute Gasteiger partial charge is 0.467 e. The summed E-state index contributed by atoms with van der Waals surface area (Å²) >= 11 is 0. The van der Waals surface area contributed by atoms with Crippen molar-refractivity contribution in [2.24, 2.45) is 7.05 Å². The van der Waals surface area contributed by atoms with E-state index in [9.17, 15) is 9.18 Å². The molecule has 3 rings (SSSR count). The van der Waals surface area contributed by atoms with Gasteiger partial charge in [0.2, 0.25) is 0 Å². The van der Waals surface area contributed by atoms with Gasteiger partial charge in [0, 0.05) is 12.6 Å². The lowest BCUT2D eigenvalue weighted by atomic mass is 10.1. The van der Waals surface area contributed by atoms with E-state index < -0.39 is 0 Å². The van der Waals surface area contributed by atoms with Gasteiger partial charge in [-0.05, 0) is 30.3 Å². The molecule has 0 unspecified atom stereocenters. The van der Waals surface area contributed by atoms with Gasteiger partial charge >= 0.3 is 6.01 Å². The number of halogens is 1. The summed E-state index contributed by atoms with van der Waals surface area (Å²) in [6.45, 7) is 0. The van der Waals surface area contributed by atoms with Gasteiger partial charge in [-0.1, -0.05) is 0 Å². The SMILES string of the molecule is COc1ncc(NC(=O)c2cc(-c3ccc(F)cc3)nn2C)cn1. The maximum absolute atomic E-state index is 13.0. The van der Waals surface area contributed by atoms with Crippen LogP contribution in [-0.4, -0.2) is 32.8 Å². The highest BCUT2D eigenvalue weighted by Gasteiger charge is 2.15. The van der Waals surface area contributed by atoms with Crippen molar-refractivity contribution in [1.82, 2.24) is 19.7 Å². The van der Waals surface area contributed by atoms with Crippen molar-refractivity contribution in [3.05, 3.63) is 54.2 Å². The van der Waals surface area contributed by atoms with E-state index in [1.807, 2.05) is 0 Å². The highest BCUT2D eigenvalue weighted by atomic mass is 19.1. The number of amides is 1. The Balaban J connectivity index is 1.81. The predicted octanol–water partition coefficient (Wildman–Crippen LogP) is 2.28. The monoisotopic (exact) mass is 327 g/mol. The summed E-state index contributed by atoms with van der Waals surface area (Å²) in [4.78, 5) is 20.2. The summed E-state index contributed by atoms with van der Waals surface area (Å²) in [7, 11) is 3.12. The van der Waals surface area contributed by atoms with Crippen LogP contribution in [0, 0.1) is 5.82 Å². The average Bonchev–Trinajstić information content (AvgIpc) is 2.98. The van der Waals surface area contributed by atoms with Gasteiger partial charge in [-0.25, -0.2) is 14.4 Å². The summed E-state index contributed by atoms with van der Waals surface area (Å²) in [6, 6.07) is 7.75. The van der Waals surface area contributed by atoms with Crippen molar-refractivity contribution >= 4 is 11.6 Å². The van der Waals surface area contributed by atoms with Gasteiger partial charge in [0.15, 0.2) is 0 Å². The van der Waals surface area contributed by atoms with E-state index in [2.05, 4.69) is 20.4 Å². The Bertz CT molecular complexity index is 859. The molecule has 0 aliphatic carbocycles. The van der Waals surface area contributed by atoms with Crippen LogP contribution in [0.5, 0.6) is 6.01 Å². The summed E-state index contributed by atoms with van der Waals surface area (Å²) in [5, 5.41) is 6.97. The molecule has 1 aromatic carbocycles. The number of rotatable bonds is 4. The van der Waals surface area contributed by atoms with Crippen LogP contribution >= 0.6 is 0 Å². The number of hydrogen-bond donors (Lipinski definition) is 1. The molecule has 3 aromatic rings. The first-order valence-electron chi connectivity index (χ1n) is 7.04. The maximum Gasteiger partial charge on any atom is 0.316 e. The number of ether oxygens (including phenoxy) is 1. The van der Waals surface area contributed by atoms with E-state index in [4.69, 9.17) is 4.74 Å². The summed E-state index contributed by atoms with van der Waals surface area (Å²) in [5.74, 6) is -0.681. The Hall–Kier alpha value is -3.29. The summed E-state index contributed by atoms with van der Waals surface area (Å²) in [6.07, 6.45) is 2.89. The second-order valence-corrected chi connectivity index (χ2v) is 4.96. The van der Waals surface area contributed by atoms with E-state index in [-0.39, 0.29) is 17.7 Å². The molecule has 1 amide bonds. The Labute approximate surface area is 137 Å². The Morgan fingerprint density at radius 2 is 1.88 bits per heavy atom. The Morgan fingerprint density at radius 3 is 2.50 bits per heavy atom. The lowest BCUT2D eigenvalue weighted by Crippen LogP contribution is -2.16. The number of carbonyl (C=O) groups excluding carboxylic acids is 1. The standard InChI is InChI=1S/C16H14FN5O2/c1-22-14(7-13(21-22)10-3-5-11(17)6-4-10)15(23)20-12-8-18-16(24-2)19-9-12/h3-9H,1-2H3,(H,20,23). The third kappa shape index (κ3) is 3.22.